The van der Waals surface area contributed by atoms with Crippen LogP contribution in [0.4, 0.5) is 0 Å². The largest absolute Gasteiger partial charge is 0.354 e. The number of benzene rings is 1. The highest BCUT2D eigenvalue weighted by Gasteiger charge is 2.21. The summed E-state index contributed by atoms with van der Waals surface area (Å²) in [7, 11) is 1.76. The van der Waals surface area contributed by atoms with Crippen LogP contribution >= 0.6 is 24.0 Å². The molecule has 0 saturated heterocycles. The van der Waals surface area contributed by atoms with Gasteiger partial charge in [-0.3, -0.25) is 4.99 Å². The lowest BCUT2D eigenvalue weighted by Crippen LogP contribution is -2.42. The molecule has 0 aliphatic heterocycles. The van der Waals surface area contributed by atoms with Gasteiger partial charge in [0.2, 0.25) is 5.89 Å². The first kappa shape index (κ1) is 22.4. The predicted molar refractivity (Wildman–Crippen MR) is 116 cm³/mol. The normalized spacial score (nSPS) is 13.0. The van der Waals surface area contributed by atoms with E-state index in [4.69, 9.17) is 4.52 Å². The van der Waals surface area contributed by atoms with Gasteiger partial charge in [0.1, 0.15) is 0 Å². The van der Waals surface area contributed by atoms with Gasteiger partial charge in [0.25, 0.3) is 0 Å². The molecule has 2 aromatic rings. The maximum absolute atomic E-state index is 5.30. The minimum atomic E-state index is -0.142. The Balaban J connectivity index is 0.00000338. The van der Waals surface area contributed by atoms with Crippen molar-refractivity contribution in [3.05, 3.63) is 47.6 Å². The van der Waals surface area contributed by atoms with Crippen LogP contribution < -0.4 is 10.6 Å². The molecule has 2 N–H and O–H groups in total. The van der Waals surface area contributed by atoms with Gasteiger partial charge in [-0.05, 0) is 25.3 Å². The molecule has 0 amide bonds. The van der Waals surface area contributed by atoms with E-state index in [-0.39, 0.29) is 29.4 Å². The summed E-state index contributed by atoms with van der Waals surface area (Å²) in [6.45, 7) is 8.78. The molecule has 0 saturated carbocycles. The maximum Gasteiger partial charge on any atom is 0.232 e. The SMILES string of the molecule is CN=C(NCc1noc(C(C)(C)C)n1)NC(C)CCc1ccccc1.I. The van der Waals surface area contributed by atoms with E-state index < -0.39 is 0 Å². The molecule has 0 bridgehead atoms. The summed E-state index contributed by atoms with van der Waals surface area (Å²) < 4.78 is 5.30. The van der Waals surface area contributed by atoms with Crippen LogP contribution in [0.1, 0.15) is 51.4 Å². The smallest absolute Gasteiger partial charge is 0.232 e. The summed E-state index contributed by atoms with van der Waals surface area (Å²) in [4.78, 5) is 8.68. The zero-order valence-corrected chi connectivity index (χ0v) is 18.6. The summed E-state index contributed by atoms with van der Waals surface area (Å²) in [5.41, 5.74) is 1.21. The fraction of sp³-hybridized carbons (Fsp3) is 0.526. The lowest BCUT2D eigenvalue weighted by Gasteiger charge is -2.17. The summed E-state index contributed by atoms with van der Waals surface area (Å²) in [5.74, 6) is 2.01. The standard InChI is InChI=1S/C19H29N5O.HI/c1-14(11-12-15-9-7-6-8-10-15)22-18(20-5)21-13-16-23-17(25-24-16)19(2,3)4;/h6-10,14H,11-13H2,1-5H3,(H2,20,21,22);1H. The quantitative estimate of drug-likeness (QED) is 0.382. The van der Waals surface area contributed by atoms with Crippen LogP contribution in [0.25, 0.3) is 0 Å². The first-order valence-corrected chi connectivity index (χ1v) is 8.72. The number of aromatic nitrogens is 2. The average molecular weight is 471 g/mol. The highest BCUT2D eigenvalue weighted by Crippen LogP contribution is 2.19. The fourth-order valence-electron chi connectivity index (χ4n) is 2.32. The van der Waals surface area contributed by atoms with Gasteiger partial charge in [-0.1, -0.05) is 56.3 Å². The van der Waals surface area contributed by atoms with Crippen molar-refractivity contribution in [2.75, 3.05) is 7.05 Å². The minimum absolute atomic E-state index is 0. The van der Waals surface area contributed by atoms with E-state index in [1.54, 1.807) is 7.05 Å². The highest BCUT2D eigenvalue weighted by atomic mass is 127. The fourth-order valence-corrected chi connectivity index (χ4v) is 2.32. The number of rotatable bonds is 6. The Morgan fingerprint density at radius 1 is 1.23 bits per heavy atom. The number of guanidine groups is 1. The highest BCUT2D eigenvalue weighted by molar-refractivity contribution is 14.0. The molecule has 26 heavy (non-hydrogen) atoms. The van der Waals surface area contributed by atoms with Crippen molar-refractivity contribution in [2.45, 2.75) is 58.5 Å². The van der Waals surface area contributed by atoms with Crippen molar-refractivity contribution < 1.29 is 4.52 Å². The van der Waals surface area contributed by atoms with Crippen LogP contribution in [0.5, 0.6) is 0 Å². The van der Waals surface area contributed by atoms with E-state index in [9.17, 15) is 0 Å². The number of aliphatic imine (C=N–C) groups is 1. The number of aryl methyl sites for hydroxylation is 1. The van der Waals surface area contributed by atoms with Gasteiger partial charge in [-0.15, -0.1) is 24.0 Å². The topological polar surface area (TPSA) is 75.3 Å². The number of halogens is 1. The van der Waals surface area contributed by atoms with E-state index >= 15 is 0 Å². The van der Waals surface area contributed by atoms with Crippen LogP contribution in [0.3, 0.4) is 0 Å². The molecular weight excluding hydrogens is 441 g/mol. The Morgan fingerprint density at radius 3 is 2.50 bits per heavy atom. The zero-order valence-electron chi connectivity index (χ0n) is 16.2. The number of nitrogens with one attached hydrogen (secondary N) is 2. The number of hydrogen-bond donors (Lipinski definition) is 2. The molecule has 7 heteroatoms. The summed E-state index contributed by atoms with van der Waals surface area (Å²) in [6.07, 6.45) is 2.06. The molecule has 1 aromatic heterocycles. The first-order chi connectivity index (χ1) is 11.9. The van der Waals surface area contributed by atoms with Crippen molar-refractivity contribution in [3.8, 4) is 0 Å². The van der Waals surface area contributed by atoms with Crippen molar-refractivity contribution in [1.82, 2.24) is 20.8 Å². The van der Waals surface area contributed by atoms with Crippen LogP contribution in [-0.2, 0) is 18.4 Å². The average Bonchev–Trinajstić information content (AvgIpc) is 3.07. The summed E-state index contributed by atoms with van der Waals surface area (Å²) in [6, 6.07) is 10.8. The van der Waals surface area contributed by atoms with Gasteiger partial charge in [0.05, 0.1) is 6.54 Å². The Kier molecular flexibility index (Phi) is 9.04. The van der Waals surface area contributed by atoms with Gasteiger partial charge in [-0.2, -0.15) is 4.98 Å². The van der Waals surface area contributed by atoms with E-state index in [1.807, 2.05) is 26.8 Å². The van der Waals surface area contributed by atoms with Crippen molar-refractivity contribution in [1.29, 1.82) is 0 Å². The lowest BCUT2D eigenvalue weighted by atomic mass is 9.97. The molecule has 0 spiro atoms. The molecule has 2 rings (SSSR count). The molecule has 1 aromatic carbocycles. The summed E-state index contributed by atoms with van der Waals surface area (Å²) >= 11 is 0. The van der Waals surface area contributed by atoms with Gasteiger partial charge < -0.3 is 15.2 Å². The molecule has 144 valence electrons. The Hall–Kier alpha value is -1.64. The third-order valence-corrected chi connectivity index (χ3v) is 3.84. The molecule has 1 heterocycles. The van der Waals surface area contributed by atoms with Crippen LogP contribution in [0.15, 0.2) is 39.8 Å². The second-order valence-corrected chi connectivity index (χ2v) is 7.26. The maximum atomic E-state index is 5.30. The second-order valence-electron chi connectivity index (χ2n) is 7.26. The van der Waals surface area contributed by atoms with Crippen LogP contribution in [0.2, 0.25) is 0 Å². The molecule has 0 radical (unpaired) electrons. The molecule has 0 aliphatic carbocycles. The van der Waals surface area contributed by atoms with Crippen molar-refractivity contribution >= 4 is 29.9 Å². The molecule has 0 aliphatic rings. The second kappa shape index (κ2) is 10.5. The Labute approximate surface area is 173 Å². The van der Waals surface area contributed by atoms with Gasteiger partial charge in [0, 0.05) is 18.5 Å². The van der Waals surface area contributed by atoms with Crippen LogP contribution in [0, 0.1) is 0 Å². The summed E-state index contributed by atoms with van der Waals surface area (Å²) in [5, 5.41) is 10.6. The monoisotopic (exact) mass is 471 g/mol. The van der Waals surface area contributed by atoms with Gasteiger partial charge in [0.15, 0.2) is 11.8 Å². The lowest BCUT2D eigenvalue weighted by molar-refractivity contribution is 0.318. The van der Waals surface area contributed by atoms with E-state index in [0.717, 1.165) is 18.8 Å². The van der Waals surface area contributed by atoms with E-state index in [1.165, 1.54) is 5.56 Å². The number of nitrogens with zero attached hydrogens (tertiary/aromatic N) is 3. The molecule has 1 atom stereocenters. The van der Waals surface area contributed by atoms with Gasteiger partial charge in [-0.25, -0.2) is 0 Å². The molecule has 6 nitrogen and oxygen atoms in total. The molecule has 1 unspecified atom stereocenters. The van der Waals surface area contributed by atoms with E-state index in [2.05, 4.69) is 57.0 Å². The Morgan fingerprint density at radius 2 is 1.92 bits per heavy atom. The van der Waals surface area contributed by atoms with Crippen molar-refractivity contribution in [2.24, 2.45) is 4.99 Å². The van der Waals surface area contributed by atoms with Gasteiger partial charge >= 0.3 is 0 Å². The van der Waals surface area contributed by atoms with Crippen LogP contribution in [-0.4, -0.2) is 29.2 Å². The molecule has 0 fully saturated rings. The minimum Gasteiger partial charge on any atom is -0.354 e. The molecular formula is C19H30IN5O. The number of hydrogen-bond acceptors (Lipinski definition) is 4. The first-order valence-electron chi connectivity index (χ1n) is 8.72. The van der Waals surface area contributed by atoms with Crippen molar-refractivity contribution in [3.63, 3.8) is 0 Å². The Bertz CT molecular complexity index is 679. The third-order valence-electron chi connectivity index (χ3n) is 3.84. The zero-order chi connectivity index (χ0) is 18.3. The predicted octanol–water partition coefficient (Wildman–Crippen LogP) is 3.67. The third kappa shape index (κ3) is 7.31. The van der Waals surface area contributed by atoms with E-state index in [0.29, 0.717) is 24.3 Å².